The van der Waals surface area contributed by atoms with Gasteiger partial charge in [-0.2, -0.15) is 5.10 Å². The first-order valence-electron chi connectivity index (χ1n) is 5.10. The Labute approximate surface area is 101 Å². The number of aromatic amines is 1. The number of amides is 1. The molecule has 0 atom stereocenters. The second-order valence-electron chi connectivity index (χ2n) is 4.55. The van der Waals surface area contributed by atoms with Gasteiger partial charge in [-0.05, 0) is 27.7 Å². The Morgan fingerprint density at radius 3 is 2.24 bits per heavy atom. The fourth-order valence-corrected chi connectivity index (χ4v) is 1.56. The number of hydrogen-bond acceptors (Lipinski definition) is 4. The van der Waals surface area contributed by atoms with Crippen LogP contribution in [0.1, 0.15) is 25.2 Å². The van der Waals surface area contributed by atoms with Crippen molar-refractivity contribution < 1.29 is 13.2 Å². The average molecular weight is 259 g/mol. The topological polar surface area (TPSA) is 91.9 Å². The van der Waals surface area contributed by atoms with Gasteiger partial charge >= 0.3 is 0 Å². The largest absolute Gasteiger partial charge is 0.322 e. The number of nitrogens with zero attached hydrogens (tertiary/aromatic N) is 1. The molecule has 2 N–H and O–H groups in total. The summed E-state index contributed by atoms with van der Waals surface area (Å²) in [4.78, 5) is 12.0. The smallest absolute Gasteiger partial charge is 0.245 e. The highest BCUT2D eigenvalue weighted by Crippen LogP contribution is 2.21. The molecule has 0 saturated heterocycles. The molecule has 1 aromatic heterocycles. The Balaban J connectivity index is 3.03. The van der Waals surface area contributed by atoms with Gasteiger partial charge in [0.1, 0.15) is 4.75 Å². The fraction of sp³-hybridized carbons (Fsp3) is 0.600. The first-order valence-corrected chi connectivity index (χ1v) is 6.99. The summed E-state index contributed by atoms with van der Waals surface area (Å²) < 4.78 is 21.5. The summed E-state index contributed by atoms with van der Waals surface area (Å²) in [6.45, 7) is 6.24. The fourth-order valence-electron chi connectivity index (χ4n) is 1.17. The van der Waals surface area contributed by atoms with E-state index in [9.17, 15) is 13.2 Å². The number of carbonyl (C=O) groups excluding carboxylic acids is 1. The molecule has 0 aliphatic rings. The van der Waals surface area contributed by atoms with Crippen molar-refractivity contribution in [2.75, 3.05) is 11.6 Å². The van der Waals surface area contributed by atoms with Crippen LogP contribution < -0.4 is 5.32 Å². The van der Waals surface area contributed by atoms with Crippen molar-refractivity contribution in [2.24, 2.45) is 0 Å². The van der Waals surface area contributed by atoms with E-state index in [0.717, 1.165) is 6.26 Å². The molecule has 1 heterocycles. The normalized spacial score (nSPS) is 12.5. The highest BCUT2D eigenvalue weighted by molar-refractivity contribution is 7.92. The predicted octanol–water partition coefficient (Wildman–Crippen LogP) is 0.788. The molecule has 0 spiro atoms. The van der Waals surface area contributed by atoms with E-state index < -0.39 is 20.5 Å². The zero-order valence-corrected chi connectivity index (χ0v) is 11.4. The van der Waals surface area contributed by atoms with Crippen LogP contribution in [-0.4, -0.2) is 35.5 Å². The minimum atomic E-state index is -3.47. The first kappa shape index (κ1) is 13.7. The molecule has 0 radical (unpaired) electrons. The lowest BCUT2D eigenvalue weighted by molar-refractivity contribution is -0.117. The third-order valence-corrected chi connectivity index (χ3v) is 4.88. The van der Waals surface area contributed by atoms with Crippen molar-refractivity contribution in [3.05, 3.63) is 11.4 Å². The SMILES string of the molecule is Cc1n[nH]c(C)c1NC(=O)C(C)(C)S(C)(=O)=O. The maximum atomic E-state index is 12.0. The highest BCUT2D eigenvalue weighted by Gasteiger charge is 2.38. The summed E-state index contributed by atoms with van der Waals surface area (Å²) in [6.07, 6.45) is 1.04. The van der Waals surface area contributed by atoms with Crippen LogP contribution >= 0.6 is 0 Å². The van der Waals surface area contributed by atoms with Crippen LogP contribution in [0.5, 0.6) is 0 Å². The lowest BCUT2D eigenvalue weighted by Crippen LogP contribution is -2.44. The van der Waals surface area contributed by atoms with Crippen LogP contribution in [0.3, 0.4) is 0 Å². The molecule has 17 heavy (non-hydrogen) atoms. The number of rotatable bonds is 3. The zero-order valence-electron chi connectivity index (χ0n) is 10.6. The standard InChI is InChI=1S/C10H17N3O3S/c1-6-8(7(2)13-12-6)11-9(14)10(3,4)17(5,15)16/h1-5H3,(H,11,14)(H,12,13). The molecule has 0 aromatic carbocycles. The van der Waals surface area contributed by atoms with Crippen molar-refractivity contribution in [1.82, 2.24) is 10.2 Å². The van der Waals surface area contributed by atoms with E-state index in [4.69, 9.17) is 0 Å². The molecule has 0 bridgehead atoms. The van der Waals surface area contributed by atoms with Crippen molar-refractivity contribution in [1.29, 1.82) is 0 Å². The number of carbonyl (C=O) groups is 1. The van der Waals surface area contributed by atoms with Crippen molar-refractivity contribution in [3.8, 4) is 0 Å². The molecule has 96 valence electrons. The van der Waals surface area contributed by atoms with E-state index >= 15 is 0 Å². The molecule has 0 fully saturated rings. The molecule has 0 aliphatic carbocycles. The molecular formula is C10H17N3O3S. The van der Waals surface area contributed by atoms with Gasteiger partial charge < -0.3 is 5.32 Å². The highest BCUT2D eigenvalue weighted by atomic mass is 32.2. The molecule has 0 aliphatic heterocycles. The van der Waals surface area contributed by atoms with Crippen LogP contribution in [0.15, 0.2) is 0 Å². The maximum absolute atomic E-state index is 12.0. The zero-order chi connectivity index (χ0) is 13.4. The number of sulfone groups is 1. The number of aryl methyl sites for hydroxylation is 2. The van der Waals surface area contributed by atoms with Crippen molar-refractivity contribution in [3.63, 3.8) is 0 Å². The number of aromatic nitrogens is 2. The van der Waals surface area contributed by atoms with Crippen LogP contribution in [0.2, 0.25) is 0 Å². The van der Waals surface area contributed by atoms with E-state index in [1.54, 1.807) is 13.8 Å². The molecule has 6 nitrogen and oxygen atoms in total. The second-order valence-corrected chi connectivity index (χ2v) is 7.11. The summed E-state index contributed by atoms with van der Waals surface area (Å²) in [5.74, 6) is -0.562. The predicted molar refractivity (Wildman–Crippen MR) is 65.6 cm³/mol. The van der Waals surface area contributed by atoms with E-state index in [0.29, 0.717) is 17.1 Å². The lowest BCUT2D eigenvalue weighted by Gasteiger charge is -2.21. The van der Waals surface area contributed by atoms with Crippen LogP contribution in [-0.2, 0) is 14.6 Å². The van der Waals surface area contributed by atoms with E-state index in [2.05, 4.69) is 15.5 Å². The number of nitrogens with one attached hydrogen (secondary N) is 2. The molecule has 7 heteroatoms. The Morgan fingerprint density at radius 1 is 1.35 bits per heavy atom. The first-order chi connectivity index (χ1) is 7.57. The van der Waals surface area contributed by atoms with Crippen LogP contribution in [0.4, 0.5) is 5.69 Å². The number of anilines is 1. The Hall–Kier alpha value is -1.37. The van der Waals surface area contributed by atoms with Gasteiger partial charge in [-0.1, -0.05) is 0 Å². The monoisotopic (exact) mass is 259 g/mol. The van der Waals surface area contributed by atoms with E-state index in [1.165, 1.54) is 13.8 Å². The van der Waals surface area contributed by atoms with E-state index in [1.807, 2.05) is 0 Å². The van der Waals surface area contributed by atoms with Gasteiger partial charge in [0, 0.05) is 6.26 Å². The van der Waals surface area contributed by atoms with Crippen molar-refractivity contribution in [2.45, 2.75) is 32.4 Å². The Bertz CT molecular complexity index is 524. The number of H-pyrrole nitrogens is 1. The molecule has 0 saturated carbocycles. The quantitative estimate of drug-likeness (QED) is 0.839. The summed E-state index contributed by atoms with van der Waals surface area (Å²) in [7, 11) is -3.47. The van der Waals surface area contributed by atoms with Gasteiger partial charge in [0.05, 0.1) is 17.1 Å². The van der Waals surface area contributed by atoms with Crippen LogP contribution in [0.25, 0.3) is 0 Å². The molecular weight excluding hydrogens is 242 g/mol. The molecule has 0 unspecified atom stereocenters. The lowest BCUT2D eigenvalue weighted by atomic mass is 10.2. The Morgan fingerprint density at radius 2 is 1.88 bits per heavy atom. The summed E-state index contributed by atoms with van der Waals surface area (Å²) in [5.41, 5.74) is 1.85. The van der Waals surface area contributed by atoms with Gasteiger partial charge in [0.15, 0.2) is 9.84 Å². The third kappa shape index (κ3) is 2.49. The second kappa shape index (κ2) is 4.14. The Kier molecular flexibility index (Phi) is 3.33. The summed E-state index contributed by atoms with van der Waals surface area (Å²) in [6, 6.07) is 0. The van der Waals surface area contributed by atoms with Crippen LogP contribution in [0, 0.1) is 13.8 Å². The molecule has 1 rings (SSSR count). The number of hydrogen-bond donors (Lipinski definition) is 2. The van der Waals surface area contributed by atoms with Gasteiger partial charge in [0.25, 0.3) is 0 Å². The summed E-state index contributed by atoms with van der Waals surface area (Å²) in [5, 5.41) is 9.24. The third-order valence-electron chi connectivity index (χ3n) is 2.84. The average Bonchev–Trinajstić information content (AvgIpc) is 2.47. The minimum Gasteiger partial charge on any atom is -0.322 e. The summed E-state index contributed by atoms with van der Waals surface area (Å²) >= 11 is 0. The minimum absolute atomic E-state index is 0.534. The van der Waals surface area contributed by atoms with E-state index in [-0.39, 0.29) is 0 Å². The van der Waals surface area contributed by atoms with Gasteiger partial charge in [-0.3, -0.25) is 9.89 Å². The van der Waals surface area contributed by atoms with Gasteiger partial charge in [-0.15, -0.1) is 0 Å². The van der Waals surface area contributed by atoms with Gasteiger partial charge in [-0.25, -0.2) is 8.42 Å². The maximum Gasteiger partial charge on any atom is 0.245 e. The molecule has 1 amide bonds. The molecule has 1 aromatic rings. The van der Waals surface area contributed by atoms with Crippen molar-refractivity contribution >= 4 is 21.4 Å². The van der Waals surface area contributed by atoms with Gasteiger partial charge in [0.2, 0.25) is 5.91 Å².